The van der Waals surface area contributed by atoms with Crippen LogP contribution in [-0.2, 0) is 4.79 Å². The van der Waals surface area contributed by atoms with Gasteiger partial charge in [-0.15, -0.1) is 0 Å². The number of thioether (sulfide) groups is 1. The Balaban J connectivity index is 1.87. The Kier molecular flexibility index (Phi) is 7.18. The van der Waals surface area contributed by atoms with Gasteiger partial charge in [0.2, 0.25) is 0 Å². The predicted molar refractivity (Wildman–Crippen MR) is 118 cm³/mol. The van der Waals surface area contributed by atoms with E-state index in [0.717, 1.165) is 29.8 Å². The molecule has 1 saturated heterocycles. The zero-order chi connectivity index (χ0) is 19.9. The zero-order valence-electron chi connectivity index (χ0n) is 16.0. The molecule has 0 atom stereocenters. The van der Waals surface area contributed by atoms with Gasteiger partial charge < -0.3 is 4.74 Å². The van der Waals surface area contributed by atoms with E-state index in [-0.39, 0.29) is 5.91 Å². The first-order valence-electron chi connectivity index (χ1n) is 9.40. The van der Waals surface area contributed by atoms with Crippen LogP contribution in [0, 0.1) is 0 Å². The number of amides is 1. The minimum Gasteiger partial charge on any atom is -0.493 e. The first-order chi connectivity index (χ1) is 13.6. The molecule has 146 valence electrons. The number of halogens is 1. The zero-order valence-corrected chi connectivity index (χ0v) is 17.6. The number of para-hydroxylation sites is 1. The first kappa shape index (κ1) is 20.5. The number of amidine groups is 1. The molecule has 1 fully saturated rings. The summed E-state index contributed by atoms with van der Waals surface area (Å²) < 4.78 is 5.89. The van der Waals surface area contributed by atoms with Crippen LogP contribution in [0.3, 0.4) is 0 Å². The lowest BCUT2D eigenvalue weighted by Gasteiger charge is -2.12. The van der Waals surface area contributed by atoms with Gasteiger partial charge in [-0.1, -0.05) is 43.1 Å². The second kappa shape index (κ2) is 9.80. The molecule has 1 aliphatic rings. The van der Waals surface area contributed by atoms with E-state index in [2.05, 4.69) is 11.9 Å². The van der Waals surface area contributed by atoms with Crippen LogP contribution in [0.15, 0.2) is 58.4 Å². The topological polar surface area (TPSA) is 41.9 Å². The maximum atomic E-state index is 12.9. The summed E-state index contributed by atoms with van der Waals surface area (Å²) in [6.07, 6.45) is 3.97. The summed E-state index contributed by atoms with van der Waals surface area (Å²) in [5, 5.41) is 1.33. The standard InChI is InChI=1S/C22H23ClN2O2S/c1-3-5-14-27-19-9-7-6-8-16(19)15-20-21(26)25(4-2)22(28-20)24-18-12-10-17(23)11-13-18/h6-13,15H,3-5,14H2,1-2H3/b20-15+,24-22?. The van der Waals surface area contributed by atoms with E-state index in [4.69, 9.17) is 16.3 Å². The molecule has 3 rings (SSSR count). The van der Waals surface area contributed by atoms with Crippen molar-refractivity contribution in [1.29, 1.82) is 0 Å². The maximum absolute atomic E-state index is 12.9. The fourth-order valence-electron chi connectivity index (χ4n) is 2.70. The number of nitrogens with zero attached hydrogens (tertiary/aromatic N) is 2. The Morgan fingerprint density at radius 1 is 1.14 bits per heavy atom. The summed E-state index contributed by atoms with van der Waals surface area (Å²) in [5.41, 5.74) is 1.67. The van der Waals surface area contributed by atoms with E-state index >= 15 is 0 Å². The number of carbonyl (C=O) groups is 1. The molecule has 6 heteroatoms. The van der Waals surface area contributed by atoms with Crippen LogP contribution in [0.1, 0.15) is 32.3 Å². The largest absolute Gasteiger partial charge is 0.493 e. The Hall–Kier alpha value is -2.24. The summed E-state index contributed by atoms with van der Waals surface area (Å²) in [4.78, 5) is 19.8. The summed E-state index contributed by atoms with van der Waals surface area (Å²) in [5.74, 6) is 0.756. The van der Waals surface area contributed by atoms with E-state index < -0.39 is 0 Å². The highest BCUT2D eigenvalue weighted by Crippen LogP contribution is 2.35. The molecular formula is C22H23ClN2O2S. The van der Waals surface area contributed by atoms with Gasteiger partial charge in [-0.25, -0.2) is 4.99 Å². The molecule has 4 nitrogen and oxygen atoms in total. The fraction of sp³-hybridized carbons (Fsp3) is 0.273. The lowest BCUT2D eigenvalue weighted by molar-refractivity contribution is -0.122. The third-order valence-corrected chi connectivity index (χ3v) is 5.48. The van der Waals surface area contributed by atoms with E-state index in [1.807, 2.05) is 49.4 Å². The van der Waals surface area contributed by atoms with Gasteiger partial charge in [0, 0.05) is 17.1 Å². The minimum absolute atomic E-state index is 0.0384. The van der Waals surface area contributed by atoms with E-state index in [1.54, 1.807) is 17.0 Å². The van der Waals surface area contributed by atoms with Gasteiger partial charge in [0.1, 0.15) is 5.75 Å². The van der Waals surface area contributed by atoms with Crippen LogP contribution in [0.2, 0.25) is 5.02 Å². The maximum Gasteiger partial charge on any atom is 0.266 e. The van der Waals surface area contributed by atoms with Crippen LogP contribution in [0.5, 0.6) is 5.75 Å². The van der Waals surface area contributed by atoms with Gasteiger partial charge in [0.25, 0.3) is 5.91 Å². The number of carbonyl (C=O) groups excluding carboxylic acids is 1. The van der Waals surface area contributed by atoms with Crippen LogP contribution >= 0.6 is 23.4 Å². The SMILES string of the molecule is CCCCOc1ccccc1/C=C1/SC(=Nc2ccc(Cl)cc2)N(CC)C1=O. The second-order valence-corrected chi connectivity index (χ2v) is 7.72. The van der Waals surface area contributed by atoms with Crippen molar-refractivity contribution in [2.75, 3.05) is 13.2 Å². The number of ether oxygens (including phenoxy) is 1. The Morgan fingerprint density at radius 2 is 1.89 bits per heavy atom. The third kappa shape index (κ3) is 4.97. The smallest absolute Gasteiger partial charge is 0.266 e. The van der Waals surface area contributed by atoms with Gasteiger partial charge in [-0.05, 0) is 61.5 Å². The molecule has 0 unspecified atom stereocenters. The molecule has 28 heavy (non-hydrogen) atoms. The fourth-order valence-corrected chi connectivity index (χ4v) is 3.87. The number of unbranched alkanes of at least 4 members (excludes halogenated alkanes) is 1. The third-order valence-electron chi connectivity index (χ3n) is 4.22. The van der Waals surface area contributed by atoms with E-state index in [0.29, 0.717) is 28.2 Å². The molecule has 0 bridgehead atoms. The summed E-state index contributed by atoms with van der Waals surface area (Å²) in [6, 6.07) is 15.1. The molecule has 0 radical (unpaired) electrons. The molecule has 2 aromatic rings. The van der Waals surface area contributed by atoms with Gasteiger partial charge in [-0.2, -0.15) is 0 Å². The molecule has 0 saturated carbocycles. The quantitative estimate of drug-likeness (QED) is 0.403. The van der Waals surface area contributed by atoms with Crippen molar-refractivity contribution in [3.05, 3.63) is 64.0 Å². The Bertz CT molecular complexity index is 894. The Labute approximate surface area is 175 Å². The number of hydrogen-bond donors (Lipinski definition) is 0. The second-order valence-electron chi connectivity index (χ2n) is 6.27. The van der Waals surface area contributed by atoms with Crippen LogP contribution in [0.25, 0.3) is 6.08 Å². The number of likely N-dealkylation sites (N-methyl/N-ethyl adjacent to an activating group) is 1. The molecule has 0 aliphatic carbocycles. The molecule has 0 N–H and O–H groups in total. The van der Waals surface area contributed by atoms with Crippen molar-refractivity contribution in [2.24, 2.45) is 4.99 Å². The molecular weight excluding hydrogens is 392 g/mol. The predicted octanol–water partition coefficient (Wildman–Crippen LogP) is 6.14. The van der Waals surface area contributed by atoms with Crippen molar-refractivity contribution in [2.45, 2.75) is 26.7 Å². The van der Waals surface area contributed by atoms with Gasteiger partial charge >= 0.3 is 0 Å². The number of rotatable bonds is 7. The monoisotopic (exact) mass is 414 g/mol. The molecule has 2 aromatic carbocycles. The highest BCUT2D eigenvalue weighted by molar-refractivity contribution is 8.18. The molecule has 1 amide bonds. The van der Waals surface area contributed by atoms with Gasteiger partial charge in [0.15, 0.2) is 5.17 Å². The van der Waals surface area contributed by atoms with Crippen molar-refractivity contribution in [3.8, 4) is 5.75 Å². The van der Waals surface area contributed by atoms with Crippen molar-refractivity contribution < 1.29 is 9.53 Å². The minimum atomic E-state index is -0.0384. The van der Waals surface area contributed by atoms with Crippen LogP contribution in [0.4, 0.5) is 5.69 Å². The molecule has 0 aromatic heterocycles. The molecule has 0 spiro atoms. The van der Waals surface area contributed by atoms with E-state index in [9.17, 15) is 4.79 Å². The average Bonchev–Trinajstić information content (AvgIpc) is 2.99. The average molecular weight is 415 g/mol. The number of aliphatic imine (C=N–C) groups is 1. The van der Waals surface area contributed by atoms with Crippen LogP contribution in [-0.4, -0.2) is 29.1 Å². The highest BCUT2D eigenvalue weighted by Gasteiger charge is 2.32. The van der Waals surface area contributed by atoms with Gasteiger partial charge in [0.05, 0.1) is 17.2 Å². The Morgan fingerprint density at radius 3 is 2.61 bits per heavy atom. The summed E-state index contributed by atoms with van der Waals surface area (Å²) in [7, 11) is 0. The van der Waals surface area contributed by atoms with Crippen LogP contribution < -0.4 is 4.74 Å². The number of benzene rings is 2. The lowest BCUT2D eigenvalue weighted by Crippen LogP contribution is -2.28. The normalized spacial score (nSPS) is 17.0. The first-order valence-corrected chi connectivity index (χ1v) is 10.6. The van der Waals surface area contributed by atoms with E-state index in [1.165, 1.54) is 11.8 Å². The van der Waals surface area contributed by atoms with Gasteiger partial charge in [-0.3, -0.25) is 9.69 Å². The van der Waals surface area contributed by atoms with Crippen molar-refractivity contribution >= 4 is 46.2 Å². The van der Waals surface area contributed by atoms with Crippen molar-refractivity contribution in [1.82, 2.24) is 4.90 Å². The van der Waals surface area contributed by atoms with Crippen molar-refractivity contribution in [3.63, 3.8) is 0 Å². The summed E-state index contributed by atoms with van der Waals surface area (Å²) in [6.45, 7) is 5.30. The number of hydrogen-bond acceptors (Lipinski definition) is 4. The molecule has 1 heterocycles. The molecule has 1 aliphatic heterocycles. The summed E-state index contributed by atoms with van der Waals surface area (Å²) >= 11 is 7.32. The lowest BCUT2D eigenvalue weighted by atomic mass is 10.2. The highest BCUT2D eigenvalue weighted by atomic mass is 35.5.